The molecule has 9 nitrogen and oxygen atoms in total. The molecule has 3 aromatic heterocycles. The number of ether oxygens (including phenoxy) is 2. The Morgan fingerprint density at radius 1 is 1.00 bits per heavy atom. The number of methoxy groups -OCH3 is 1. The molecule has 0 atom stereocenters. The van der Waals surface area contributed by atoms with Gasteiger partial charge in [-0.25, -0.2) is 9.78 Å². The average Bonchev–Trinajstić information content (AvgIpc) is 3.57. The Balaban J connectivity index is 1.36. The molecule has 0 unspecified atom stereocenters. The number of urea groups is 1. The Morgan fingerprint density at radius 2 is 1.84 bits per heavy atom. The first-order valence-corrected chi connectivity index (χ1v) is 9.68. The second kappa shape index (κ2) is 8.49. The SMILES string of the molecule is COC1(C(=O)NC(=O)Nc2ccc(Oc3ccnc(-c4ccc(C)nc4)c3)cn2)CC1. The molecule has 0 spiro atoms. The molecule has 0 saturated heterocycles. The van der Waals surface area contributed by atoms with Crippen LogP contribution in [0.3, 0.4) is 0 Å². The fourth-order valence-corrected chi connectivity index (χ4v) is 2.90. The second-order valence-corrected chi connectivity index (χ2v) is 7.15. The van der Waals surface area contributed by atoms with Crippen molar-refractivity contribution in [3.63, 3.8) is 0 Å². The molecule has 0 radical (unpaired) electrons. The lowest BCUT2D eigenvalue weighted by molar-refractivity contribution is -0.132. The standard InChI is InChI=1S/C22H21N5O4/c1-14-3-4-15(12-24-14)18-11-16(7-10-23-18)31-17-5-6-19(25-13-17)26-21(29)27-20(28)22(30-2)8-9-22/h3-7,10-13H,8-9H2,1-2H3,(H2,25,26,27,28,29). The first-order chi connectivity index (χ1) is 15.0. The van der Waals surface area contributed by atoms with Gasteiger partial charge in [0, 0.05) is 36.8 Å². The van der Waals surface area contributed by atoms with Crippen molar-refractivity contribution in [1.82, 2.24) is 20.3 Å². The van der Waals surface area contributed by atoms with Crippen LogP contribution in [0.15, 0.2) is 55.0 Å². The largest absolute Gasteiger partial charge is 0.456 e. The third-order valence-corrected chi connectivity index (χ3v) is 4.89. The molecule has 2 N–H and O–H groups in total. The van der Waals surface area contributed by atoms with Crippen LogP contribution in [0.1, 0.15) is 18.5 Å². The predicted molar refractivity (Wildman–Crippen MR) is 113 cm³/mol. The highest BCUT2D eigenvalue weighted by Gasteiger charge is 2.51. The molecule has 3 amide bonds. The monoisotopic (exact) mass is 419 g/mol. The minimum Gasteiger partial charge on any atom is -0.456 e. The highest BCUT2D eigenvalue weighted by Crippen LogP contribution is 2.38. The van der Waals surface area contributed by atoms with E-state index in [4.69, 9.17) is 9.47 Å². The number of nitrogens with zero attached hydrogens (tertiary/aromatic N) is 3. The highest BCUT2D eigenvalue weighted by molar-refractivity contribution is 6.04. The lowest BCUT2D eigenvalue weighted by atomic mass is 10.2. The minimum absolute atomic E-state index is 0.279. The van der Waals surface area contributed by atoms with Gasteiger partial charge < -0.3 is 9.47 Å². The van der Waals surface area contributed by atoms with Gasteiger partial charge in [-0.1, -0.05) is 0 Å². The van der Waals surface area contributed by atoms with Crippen LogP contribution in [0, 0.1) is 6.92 Å². The fourth-order valence-electron chi connectivity index (χ4n) is 2.90. The molecule has 1 saturated carbocycles. The summed E-state index contributed by atoms with van der Waals surface area (Å²) < 4.78 is 11.0. The molecule has 0 bridgehead atoms. The summed E-state index contributed by atoms with van der Waals surface area (Å²) in [6.45, 7) is 1.92. The Kier molecular flexibility index (Phi) is 5.59. The van der Waals surface area contributed by atoms with Crippen LogP contribution in [0.5, 0.6) is 11.5 Å². The van der Waals surface area contributed by atoms with Crippen LogP contribution in [0.25, 0.3) is 11.3 Å². The van der Waals surface area contributed by atoms with E-state index in [-0.39, 0.29) is 5.82 Å². The summed E-state index contributed by atoms with van der Waals surface area (Å²) in [7, 11) is 1.45. The quantitative estimate of drug-likeness (QED) is 0.628. The van der Waals surface area contributed by atoms with Crippen LogP contribution in [-0.2, 0) is 9.53 Å². The number of amides is 3. The van der Waals surface area contributed by atoms with Crippen molar-refractivity contribution in [2.75, 3.05) is 12.4 Å². The average molecular weight is 419 g/mol. The van der Waals surface area contributed by atoms with Gasteiger partial charge in [0.1, 0.15) is 22.9 Å². The van der Waals surface area contributed by atoms with Gasteiger partial charge in [-0.2, -0.15) is 0 Å². The zero-order chi connectivity index (χ0) is 21.8. The van der Waals surface area contributed by atoms with Crippen molar-refractivity contribution in [2.24, 2.45) is 0 Å². The van der Waals surface area contributed by atoms with E-state index in [2.05, 4.69) is 25.6 Å². The molecule has 0 aromatic carbocycles. The van der Waals surface area contributed by atoms with Gasteiger partial charge in [0.15, 0.2) is 0 Å². The molecular weight excluding hydrogens is 398 g/mol. The van der Waals surface area contributed by atoms with Gasteiger partial charge in [0.05, 0.1) is 11.9 Å². The van der Waals surface area contributed by atoms with Gasteiger partial charge in [-0.3, -0.25) is 25.4 Å². The molecular formula is C22H21N5O4. The third-order valence-electron chi connectivity index (χ3n) is 4.89. The van der Waals surface area contributed by atoms with Crippen molar-refractivity contribution in [3.8, 4) is 22.8 Å². The number of hydrogen-bond donors (Lipinski definition) is 2. The number of aryl methyl sites for hydroxylation is 1. The third kappa shape index (κ3) is 4.84. The van der Waals surface area contributed by atoms with E-state index in [1.807, 2.05) is 19.1 Å². The van der Waals surface area contributed by atoms with Crippen LogP contribution >= 0.6 is 0 Å². The van der Waals surface area contributed by atoms with E-state index in [1.54, 1.807) is 36.7 Å². The summed E-state index contributed by atoms with van der Waals surface area (Å²) in [5.74, 6) is 0.897. The number of aromatic nitrogens is 3. The number of carbonyl (C=O) groups is 2. The highest BCUT2D eigenvalue weighted by atomic mass is 16.5. The smallest absolute Gasteiger partial charge is 0.327 e. The number of carbonyl (C=O) groups excluding carboxylic acids is 2. The maximum Gasteiger partial charge on any atom is 0.327 e. The van der Waals surface area contributed by atoms with Crippen molar-refractivity contribution < 1.29 is 19.1 Å². The normalized spacial score (nSPS) is 13.9. The van der Waals surface area contributed by atoms with Gasteiger partial charge in [0.25, 0.3) is 5.91 Å². The topological polar surface area (TPSA) is 115 Å². The summed E-state index contributed by atoms with van der Waals surface area (Å²) in [6.07, 6.45) is 6.09. The van der Waals surface area contributed by atoms with Crippen LogP contribution < -0.4 is 15.4 Å². The summed E-state index contributed by atoms with van der Waals surface area (Å²) in [4.78, 5) is 36.8. The van der Waals surface area contributed by atoms with E-state index >= 15 is 0 Å². The maximum absolute atomic E-state index is 12.0. The molecule has 1 aliphatic rings. The molecule has 0 aliphatic heterocycles. The van der Waals surface area contributed by atoms with Crippen molar-refractivity contribution in [1.29, 1.82) is 0 Å². The Hall–Kier alpha value is -3.85. The maximum atomic E-state index is 12.0. The minimum atomic E-state index is -0.875. The summed E-state index contributed by atoms with van der Waals surface area (Å²) in [6, 6.07) is 9.98. The predicted octanol–water partition coefficient (Wildman–Crippen LogP) is 3.47. The Morgan fingerprint density at radius 3 is 2.48 bits per heavy atom. The molecule has 31 heavy (non-hydrogen) atoms. The van der Waals surface area contributed by atoms with E-state index in [0.29, 0.717) is 24.3 Å². The Bertz CT molecular complexity index is 1100. The van der Waals surface area contributed by atoms with Crippen molar-refractivity contribution >= 4 is 17.8 Å². The first-order valence-electron chi connectivity index (χ1n) is 9.68. The van der Waals surface area contributed by atoms with Gasteiger partial charge in [-0.05, 0) is 50.1 Å². The summed E-state index contributed by atoms with van der Waals surface area (Å²) in [5, 5.41) is 4.78. The summed E-state index contributed by atoms with van der Waals surface area (Å²) in [5.41, 5.74) is 1.68. The van der Waals surface area contributed by atoms with Crippen LogP contribution in [-0.4, -0.2) is 39.6 Å². The zero-order valence-electron chi connectivity index (χ0n) is 17.1. The number of imide groups is 1. The molecule has 4 rings (SSSR count). The van der Waals surface area contributed by atoms with E-state index in [9.17, 15) is 9.59 Å². The van der Waals surface area contributed by atoms with Gasteiger partial charge in [0.2, 0.25) is 0 Å². The fraction of sp³-hybridized carbons (Fsp3) is 0.227. The lowest BCUT2D eigenvalue weighted by Gasteiger charge is -2.13. The van der Waals surface area contributed by atoms with Gasteiger partial charge >= 0.3 is 6.03 Å². The number of pyridine rings is 3. The van der Waals surface area contributed by atoms with Crippen molar-refractivity contribution in [2.45, 2.75) is 25.4 Å². The molecule has 1 fully saturated rings. The number of hydrogen-bond acceptors (Lipinski definition) is 7. The Labute approximate surface area is 178 Å². The van der Waals surface area contributed by atoms with Gasteiger partial charge in [-0.15, -0.1) is 0 Å². The number of anilines is 1. The molecule has 158 valence electrons. The summed E-state index contributed by atoms with van der Waals surface area (Å²) >= 11 is 0. The lowest BCUT2D eigenvalue weighted by Crippen LogP contribution is -2.43. The first kappa shape index (κ1) is 20.4. The molecule has 3 heterocycles. The van der Waals surface area contributed by atoms with Crippen molar-refractivity contribution in [3.05, 3.63) is 60.7 Å². The van der Waals surface area contributed by atoms with E-state index < -0.39 is 17.5 Å². The zero-order valence-corrected chi connectivity index (χ0v) is 17.1. The number of nitrogens with one attached hydrogen (secondary N) is 2. The molecule has 1 aliphatic carbocycles. The second-order valence-electron chi connectivity index (χ2n) is 7.15. The number of rotatable bonds is 6. The molecule has 9 heteroatoms. The van der Waals surface area contributed by atoms with Crippen LogP contribution in [0.2, 0.25) is 0 Å². The van der Waals surface area contributed by atoms with E-state index in [0.717, 1.165) is 17.0 Å². The molecule has 3 aromatic rings. The van der Waals surface area contributed by atoms with Crippen LogP contribution in [0.4, 0.5) is 10.6 Å². The van der Waals surface area contributed by atoms with E-state index in [1.165, 1.54) is 13.3 Å².